The number of methoxy groups -OCH3 is 1. The Morgan fingerprint density at radius 2 is 1.60 bits per heavy atom. The van der Waals surface area contributed by atoms with Gasteiger partial charge in [-0.05, 0) is 24.0 Å². The molecule has 1 atom stereocenters. The van der Waals surface area contributed by atoms with E-state index in [-0.39, 0.29) is 5.78 Å². The topological polar surface area (TPSA) is 26.3 Å². The lowest BCUT2D eigenvalue weighted by Crippen LogP contribution is -2.10. The van der Waals surface area contributed by atoms with Crippen molar-refractivity contribution in [2.75, 3.05) is 7.11 Å². The molecule has 0 fully saturated rings. The van der Waals surface area contributed by atoms with E-state index in [1.165, 1.54) is 5.56 Å². The van der Waals surface area contributed by atoms with Gasteiger partial charge in [0.05, 0.1) is 0 Å². The summed E-state index contributed by atoms with van der Waals surface area (Å²) < 4.78 is 5.15. The standard InChI is InChI=1S/C13H18O2/c1-9(2)11-5-7-12(8-6-11)13(15-4)10(3)14/h5-9,13H,1-4H3. The lowest BCUT2D eigenvalue weighted by Gasteiger charge is -2.13. The van der Waals surface area contributed by atoms with Gasteiger partial charge >= 0.3 is 0 Å². The molecule has 1 rings (SSSR count). The van der Waals surface area contributed by atoms with Gasteiger partial charge in [-0.3, -0.25) is 4.79 Å². The molecule has 0 aliphatic rings. The van der Waals surface area contributed by atoms with Gasteiger partial charge in [0.1, 0.15) is 6.10 Å². The largest absolute Gasteiger partial charge is 0.369 e. The van der Waals surface area contributed by atoms with Crippen LogP contribution in [0.5, 0.6) is 0 Å². The predicted molar refractivity (Wildman–Crippen MR) is 61.0 cm³/mol. The first-order valence-corrected chi connectivity index (χ1v) is 5.19. The Bertz CT molecular complexity index is 325. The predicted octanol–water partition coefficient (Wildman–Crippen LogP) is 3.09. The first-order valence-electron chi connectivity index (χ1n) is 5.19. The van der Waals surface area contributed by atoms with Crippen LogP contribution >= 0.6 is 0 Å². The normalized spacial score (nSPS) is 12.9. The van der Waals surface area contributed by atoms with E-state index in [0.717, 1.165) is 5.56 Å². The second kappa shape index (κ2) is 5.08. The van der Waals surface area contributed by atoms with Gasteiger partial charge in [0.25, 0.3) is 0 Å². The average molecular weight is 206 g/mol. The van der Waals surface area contributed by atoms with Crippen molar-refractivity contribution in [3.63, 3.8) is 0 Å². The SMILES string of the molecule is COC(C(C)=O)c1ccc(C(C)C)cc1. The average Bonchev–Trinajstić information content (AvgIpc) is 2.19. The van der Waals surface area contributed by atoms with Gasteiger partial charge in [-0.1, -0.05) is 38.1 Å². The Hall–Kier alpha value is -1.15. The van der Waals surface area contributed by atoms with E-state index in [2.05, 4.69) is 26.0 Å². The highest BCUT2D eigenvalue weighted by Gasteiger charge is 2.15. The van der Waals surface area contributed by atoms with Crippen molar-refractivity contribution in [2.45, 2.75) is 32.8 Å². The Morgan fingerprint density at radius 3 is 1.93 bits per heavy atom. The van der Waals surface area contributed by atoms with E-state index in [1.54, 1.807) is 14.0 Å². The van der Waals surface area contributed by atoms with E-state index in [0.29, 0.717) is 5.92 Å². The van der Waals surface area contributed by atoms with Crippen LogP contribution in [0.1, 0.15) is 43.9 Å². The monoisotopic (exact) mass is 206 g/mol. The van der Waals surface area contributed by atoms with Crippen LogP contribution < -0.4 is 0 Å². The molecule has 0 amide bonds. The summed E-state index contributed by atoms with van der Waals surface area (Å²) in [5.41, 5.74) is 2.20. The highest BCUT2D eigenvalue weighted by Crippen LogP contribution is 2.21. The summed E-state index contributed by atoms with van der Waals surface area (Å²) in [5.74, 6) is 0.548. The van der Waals surface area contributed by atoms with E-state index in [1.807, 2.05) is 12.1 Å². The Balaban J connectivity index is 2.92. The van der Waals surface area contributed by atoms with Crippen LogP contribution in [-0.4, -0.2) is 12.9 Å². The van der Waals surface area contributed by atoms with Crippen molar-refractivity contribution in [1.82, 2.24) is 0 Å². The number of ketones is 1. The fourth-order valence-corrected chi connectivity index (χ4v) is 1.59. The summed E-state index contributed by atoms with van der Waals surface area (Å²) >= 11 is 0. The van der Waals surface area contributed by atoms with Crippen LogP contribution in [0.3, 0.4) is 0 Å². The third kappa shape index (κ3) is 2.90. The maximum Gasteiger partial charge on any atom is 0.163 e. The molecule has 1 aromatic carbocycles. The van der Waals surface area contributed by atoms with Crippen LogP contribution in [0.25, 0.3) is 0 Å². The first-order chi connectivity index (χ1) is 7.06. The van der Waals surface area contributed by atoms with Crippen LogP contribution in [0, 0.1) is 0 Å². The zero-order valence-electron chi connectivity index (χ0n) is 9.78. The molecule has 2 nitrogen and oxygen atoms in total. The molecule has 0 saturated carbocycles. The maximum absolute atomic E-state index is 11.3. The van der Waals surface area contributed by atoms with E-state index in [9.17, 15) is 4.79 Å². The zero-order chi connectivity index (χ0) is 11.4. The van der Waals surface area contributed by atoms with Gasteiger partial charge in [0, 0.05) is 7.11 Å². The number of hydrogen-bond donors (Lipinski definition) is 0. The number of hydrogen-bond acceptors (Lipinski definition) is 2. The highest BCUT2D eigenvalue weighted by atomic mass is 16.5. The van der Waals surface area contributed by atoms with Crippen LogP contribution in [0.2, 0.25) is 0 Å². The molecule has 1 aromatic rings. The molecule has 0 aliphatic carbocycles. The van der Waals surface area contributed by atoms with Gasteiger partial charge in [-0.25, -0.2) is 0 Å². The molecule has 0 aliphatic heterocycles. The van der Waals surface area contributed by atoms with Crippen molar-refractivity contribution in [1.29, 1.82) is 0 Å². The lowest BCUT2D eigenvalue weighted by atomic mass is 9.99. The third-order valence-corrected chi connectivity index (χ3v) is 2.51. The summed E-state index contributed by atoms with van der Waals surface area (Å²) in [5, 5.41) is 0. The van der Waals surface area contributed by atoms with Gasteiger partial charge < -0.3 is 4.74 Å². The second-order valence-corrected chi connectivity index (χ2v) is 4.05. The van der Waals surface area contributed by atoms with Gasteiger partial charge in [0.15, 0.2) is 5.78 Å². The summed E-state index contributed by atoms with van der Waals surface area (Å²) in [6, 6.07) is 8.03. The maximum atomic E-state index is 11.3. The number of carbonyl (C=O) groups excluding carboxylic acids is 1. The molecule has 0 aromatic heterocycles. The van der Waals surface area contributed by atoms with E-state index in [4.69, 9.17) is 4.74 Å². The molecule has 0 radical (unpaired) electrons. The second-order valence-electron chi connectivity index (χ2n) is 4.05. The van der Waals surface area contributed by atoms with Crippen molar-refractivity contribution >= 4 is 5.78 Å². The number of ether oxygens (including phenoxy) is 1. The summed E-state index contributed by atoms with van der Waals surface area (Å²) in [6.07, 6.45) is -0.425. The van der Waals surface area contributed by atoms with Crippen molar-refractivity contribution in [2.24, 2.45) is 0 Å². The van der Waals surface area contributed by atoms with Crippen molar-refractivity contribution in [3.05, 3.63) is 35.4 Å². The Morgan fingerprint density at radius 1 is 1.13 bits per heavy atom. The van der Waals surface area contributed by atoms with Gasteiger partial charge in [-0.2, -0.15) is 0 Å². The molecule has 82 valence electrons. The molecule has 0 heterocycles. The Kier molecular flexibility index (Phi) is 4.04. The zero-order valence-corrected chi connectivity index (χ0v) is 9.78. The number of Topliss-reactive ketones (excluding diaryl/α,β-unsaturated/α-hetero) is 1. The number of benzene rings is 1. The third-order valence-electron chi connectivity index (χ3n) is 2.51. The minimum Gasteiger partial charge on any atom is -0.369 e. The van der Waals surface area contributed by atoms with Crippen molar-refractivity contribution < 1.29 is 9.53 Å². The number of carbonyl (C=O) groups is 1. The highest BCUT2D eigenvalue weighted by molar-refractivity contribution is 5.81. The van der Waals surface area contributed by atoms with E-state index >= 15 is 0 Å². The van der Waals surface area contributed by atoms with Gasteiger partial charge in [-0.15, -0.1) is 0 Å². The molecule has 0 spiro atoms. The van der Waals surface area contributed by atoms with E-state index < -0.39 is 6.10 Å². The fraction of sp³-hybridized carbons (Fsp3) is 0.462. The minimum absolute atomic E-state index is 0.0368. The lowest BCUT2D eigenvalue weighted by molar-refractivity contribution is -0.126. The Labute approximate surface area is 91.3 Å². The fourth-order valence-electron chi connectivity index (χ4n) is 1.59. The molecular formula is C13H18O2. The quantitative estimate of drug-likeness (QED) is 0.756. The summed E-state index contributed by atoms with van der Waals surface area (Å²) in [6.45, 7) is 5.84. The number of rotatable bonds is 4. The van der Waals surface area contributed by atoms with Gasteiger partial charge in [0.2, 0.25) is 0 Å². The summed E-state index contributed by atoms with van der Waals surface area (Å²) in [7, 11) is 1.56. The molecule has 0 bridgehead atoms. The van der Waals surface area contributed by atoms with Crippen LogP contribution in [-0.2, 0) is 9.53 Å². The van der Waals surface area contributed by atoms with Crippen LogP contribution in [0.4, 0.5) is 0 Å². The van der Waals surface area contributed by atoms with Crippen molar-refractivity contribution in [3.8, 4) is 0 Å². The molecule has 15 heavy (non-hydrogen) atoms. The molecule has 0 N–H and O–H groups in total. The van der Waals surface area contributed by atoms with Crippen LogP contribution in [0.15, 0.2) is 24.3 Å². The molecule has 0 saturated heterocycles. The molecule has 1 unspecified atom stereocenters. The molecular weight excluding hydrogens is 188 g/mol. The molecule has 2 heteroatoms. The minimum atomic E-state index is -0.425. The smallest absolute Gasteiger partial charge is 0.163 e. The summed E-state index contributed by atoms with van der Waals surface area (Å²) in [4.78, 5) is 11.3. The first kappa shape index (κ1) is 11.9.